The van der Waals surface area contributed by atoms with Gasteiger partial charge in [-0.1, -0.05) is 12.1 Å². The Bertz CT molecular complexity index is 572. The second-order valence-electron chi connectivity index (χ2n) is 3.76. The summed E-state index contributed by atoms with van der Waals surface area (Å²) in [7, 11) is 0. The van der Waals surface area contributed by atoms with Crippen LogP contribution in [-0.2, 0) is 11.2 Å². The number of hydrogen-bond acceptors (Lipinski definition) is 4. The highest BCUT2D eigenvalue weighted by molar-refractivity contribution is 5.66. The number of aryl methyl sites for hydroxylation is 1. The predicted molar refractivity (Wildman–Crippen MR) is 64.5 cm³/mol. The number of carboxylic acids is 1. The first-order valence-electron chi connectivity index (χ1n) is 5.60. The molecule has 0 aliphatic carbocycles. The smallest absolute Gasteiger partial charge is 0.303 e. The fraction of sp³-hybridized carbons (Fsp3) is 0.154. The SMILES string of the molecule is O=C(O)CCc1ncc(Oc2ccccc2F)cn1. The Labute approximate surface area is 108 Å². The summed E-state index contributed by atoms with van der Waals surface area (Å²) in [5, 5.41) is 8.53. The monoisotopic (exact) mass is 262 g/mol. The third kappa shape index (κ3) is 3.74. The van der Waals surface area contributed by atoms with Crippen molar-refractivity contribution in [1.82, 2.24) is 9.97 Å². The first-order valence-corrected chi connectivity index (χ1v) is 5.60. The van der Waals surface area contributed by atoms with Crippen LogP contribution >= 0.6 is 0 Å². The highest BCUT2D eigenvalue weighted by Gasteiger charge is 2.05. The Morgan fingerprint density at radius 2 is 1.95 bits per heavy atom. The minimum Gasteiger partial charge on any atom is -0.481 e. The van der Waals surface area contributed by atoms with Crippen LogP contribution in [0, 0.1) is 5.82 Å². The zero-order valence-corrected chi connectivity index (χ0v) is 9.91. The molecule has 0 atom stereocenters. The van der Waals surface area contributed by atoms with E-state index in [9.17, 15) is 9.18 Å². The van der Waals surface area contributed by atoms with Crippen LogP contribution in [0.5, 0.6) is 11.5 Å². The van der Waals surface area contributed by atoms with Crippen molar-refractivity contribution in [1.29, 1.82) is 0 Å². The molecule has 6 heteroatoms. The molecular formula is C13H11FN2O3. The zero-order chi connectivity index (χ0) is 13.7. The van der Waals surface area contributed by atoms with Gasteiger partial charge in [0.05, 0.1) is 18.8 Å². The van der Waals surface area contributed by atoms with Gasteiger partial charge in [-0.25, -0.2) is 14.4 Å². The van der Waals surface area contributed by atoms with E-state index >= 15 is 0 Å². The van der Waals surface area contributed by atoms with Gasteiger partial charge in [0, 0.05) is 6.42 Å². The molecule has 0 amide bonds. The summed E-state index contributed by atoms with van der Waals surface area (Å²) in [6, 6.07) is 6.00. The van der Waals surface area contributed by atoms with Gasteiger partial charge in [-0.3, -0.25) is 4.79 Å². The van der Waals surface area contributed by atoms with Crippen LogP contribution in [0.15, 0.2) is 36.7 Å². The Kier molecular flexibility index (Phi) is 4.02. The molecule has 2 aromatic rings. The number of rotatable bonds is 5. The van der Waals surface area contributed by atoms with Crippen molar-refractivity contribution in [3.05, 3.63) is 48.3 Å². The number of benzene rings is 1. The minimum absolute atomic E-state index is 0.0342. The highest BCUT2D eigenvalue weighted by atomic mass is 19.1. The van der Waals surface area contributed by atoms with Crippen LogP contribution < -0.4 is 4.74 Å². The maximum absolute atomic E-state index is 13.3. The second-order valence-corrected chi connectivity index (χ2v) is 3.76. The predicted octanol–water partition coefficient (Wildman–Crippen LogP) is 2.43. The lowest BCUT2D eigenvalue weighted by Gasteiger charge is -2.06. The maximum Gasteiger partial charge on any atom is 0.303 e. The number of nitrogens with zero attached hydrogens (tertiary/aromatic N) is 2. The fourth-order valence-corrected chi connectivity index (χ4v) is 1.40. The van der Waals surface area contributed by atoms with Crippen LogP contribution in [0.2, 0.25) is 0 Å². The minimum atomic E-state index is -0.907. The molecule has 0 spiro atoms. The summed E-state index contributed by atoms with van der Waals surface area (Å²) >= 11 is 0. The van der Waals surface area contributed by atoms with E-state index in [-0.39, 0.29) is 18.6 Å². The van der Waals surface area contributed by atoms with E-state index in [1.807, 2.05) is 0 Å². The average molecular weight is 262 g/mol. The van der Waals surface area contributed by atoms with Gasteiger partial charge in [0.2, 0.25) is 0 Å². The fourth-order valence-electron chi connectivity index (χ4n) is 1.40. The van der Waals surface area contributed by atoms with Crippen LogP contribution in [0.1, 0.15) is 12.2 Å². The highest BCUT2D eigenvalue weighted by Crippen LogP contribution is 2.22. The first kappa shape index (κ1) is 12.9. The largest absolute Gasteiger partial charge is 0.481 e. The Morgan fingerprint density at radius 1 is 1.26 bits per heavy atom. The zero-order valence-electron chi connectivity index (χ0n) is 9.91. The van der Waals surface area contributed by atoms with Gasteiger partial charge in [-0.15, -0.1) is 0 Å². The van der Waals surface area contributed by atoms with E-state index in [0.29, 0.717) is 11.6 Å². The van der Waals surface area contributed by atoms with Crippen molar-refractivity contribution in [3.8, 4) is 11.5 Å². The number of hydrogen-bond donors (Lipinski definition) is 1. The summed E-state index contributed by atoms with van der Waals surface area (Å²) < 4.78 is 18.6. The summed E-state index contributed by atoms with van der Waals surface area (Å²) in [4.78, 5) is 18.3. The van der Waals surface area contributed by atoms with E-state index < -0.39 is 11.8 Å². The molecule has 1 N–H and O–H groups in total. The van der Waals surface area contributed by atoms with Crippen molar-refractivity contribution in [3.63, 3.8) is 0 Å². The van der Waals surface area contributed by atoms with Gasteiger partial charge in [-0.2, -0.15) is 0 Å². The summed E-state index contributed by atoms with van der Waals surface area (Å²) in [6.45, 7) is 0. The lowest BCUT2D eigenvalue weighted by molar-refractivity contribution is -0.137. The van der Waals surface area contributed by atoms with Crippen molar-refractivity contribution in [2.24, 2.45) is 0 Å². The van der Waals surface area contributed by atoms with Gasteiger partial charge in [0.1, 0.15) is 5.82 Å². The number of ether oxygens (including phenoxy) is 1. The third-order valence-corrected chi connectivity index (χ3v) is 2.31. The molecule has 1 aromatic heterocycles. The van der Waals surface area contributed by atoms with E-state index in [4.69, 9.17) is 9.84 Å². The maximum atomic E-state index is 13.3. The molecule has 5 nitrogen and oxygen atoms in total. The normalized spacial score (nSPS) is 10.2. The van der Waals surface area contributed by atoms with Crippen LogP contribution in [0.25, 0.3) is 0 Å². The molecule has 0 bridgehead atoms. The lowest BCUT2D eigenvalue weighted by atomic mass is 10.3. The molecule has 1 heterocycles. The molecule has 98 valence electrons. The molecule has 1 aromatic carbocycles. The van der Waals surface area contributed by atoms with Crippen molar-refractivity contribution in [2.75, 3.05) is 0 Å². The summed E-state index contributed by atoms with van der Waals surface area (Å²) in [5.74, 6) is -0.593. The number of aliphatic carboxylic acids is 1. The molecule has 0 unspecified atom stereocenters. The number of aromatic nitrogens is 2. The number of halogens is 1. The Balaban J connectivity index is 2.03. The number of para-hydroxylation sites is 1. The Morgan fingerprint density at radius 3 is 2.58 bits per heavy atom. The quantitative estimate of drug-likeness (QED) is 0.895. The molecule has 0 saturated heterocycles. The molecule has 0 fully saturated rings. The van der Waals surface area contributed by atoms with Gasteiger partial charge in [0.25, 0.3) is 0 Å². The number of carboxylic acid groups (broad SMARTS) is 1. The summed E-state index contributed by atoms with van der Waals surface area (Å²) in [6.07, 6.45) is 2.98. The van der Waals surface area contributed by atoms with Gasteiger partial charge in [-0.05, 0) is 12.1 Å². The van der Waals surface area contributed by atoms with E-state index in [2.05, 4.69) is 9.97 Å². The third-order valence-electron chi connectivity index (χ3n) is 2.31. The molecule has 0 radical (unpaired) electrons. The van der Waals surface area contributed by atoms with E-state index in [0.717, 1.165) is 0 Å². The molecular weight excluding hydrogens is 251 g/mol. The number of carbonyl (C=O) groups is 1. The lowest BCUT2D eigenvalue weighted by Crippen LogP contribution is -2.01. The average Bonchev–Trinajstić information content (AvgIpc) is 2.40. The molecule has 2 rings (SSSR count). The van der Waals surface area contributed by atoms with Gasteiger partial charge < -0.3 is 9.84 Å². The van der Waals surface area contributed by atoms with Crippen molar-refractivity contribution >= 4 is 5.97 Å². The van der Waals surface area contributed by atoms with Gasteiger partial charge in [0.15, 0.2) is 17.3 Å². The summed E-state index contributed by atoms with van der Waals surface area (Å²) in [5.41, 5.74) is 0. The molecule has 0 aliphatic heterocycles. The Hall–Kier alpha value is -2.50. The van der Waals surface area contributed by atoms with E-state index in [1.165, 1.54) is 24.5 Å². The van der Waals surface area contributed by atoms with Crippen molar-refractivity contribution < 1.29 is 19.0 Å². The second kappa shape index (κ2) is 5.90. The van der Waals surface area contributed by atoms with Gasteiger partial charge >= 0.3 is 5.97 Å². The first-order chi connectivity index (χ1) is 9.15. The topological polar surface area (TPSA) is 72.3 Å². The molecule has 0 saturated carbocycles. The van der Waals surface area contributed by atoms with E-state index in [1.54, 1.807) is 12.1 Å². The van der Waals surface area contributed by atoms with Crippen molar-refractivity contribution in [2.45, 2.75) is 12.8 Å². The molecule has 19 heavy (non-hydrogen) atoms. The molecule has 0 aliphatic rings. The van der Waals surface area contributed by atoms with Crippen LogP contribution in [0.3, 0.4) is 0 Å². The van der Waals surface area contributed by atoms with Crippen LogP contribution in [-0.4, -0.2) is 21.0 Å². The standard InChI is InChI=1S/C13H11FN2O3/c14-10-3-1-2-4-11(10)19-9-7-15-12(16-8-9)5-6-13(17)18/h1-4,7-8H,5-6H2,(H,17,18). The van der Waals surface area contributed by atoms with Crippen LogP contribution in [0.4, 0.5) is 4.39 Å².